The van der Waals surface area contributed by atoms with Crippen molar-refractivity contribution in [2.45, 2.75) is 39.2 Å². The highest BCUT2D eigenvalue weighted by Crippen LogP contribution is 2.26. The lowest BCUT2D eigenvalue weighted by Crippen LogP contribution is -2.29. The number of hydrogen-bond donors (Lipinski definition) is 1. The molecule has 0 fully saturated rings. The molecular weight excluding hydrogens is 258 g/mol. The van der Waals surface area contributed by atoms with Crippen LogP contribution in [0.3, 0.4) is 0 Å². The van der Waals surface area contributed by atoms with Gasteiger partial charge in [0.05, 0.1) is 6.04 Å². The first kappa shape index (κ1) is 15.3. The molecule has 110 valence electrons. The number of carbonyl (C=O) groups excluding carboxylic acids is 1. The maximum absolute atomic E-state index is 12.6. The van der Waals surface area contributed by atoms with Crippen molar-refractivity contribution in [3.05, 3.63) is 71.3 Å². The van der Waals surface area contributed by atoms with Crippen molar-refractivity contribution in [3.8, 4) is 0 Å². The minimum Gasteiger partial charge on any atom is -0.346 e. The van der Waals surface area contributed by atoms with Crippen molar-refractivity contribution in [2.75, 3.05) is 0 Å². The molecule has 0 aliphatic heterocycles. The molecule has 2 nitrogen and oxygen atoms in total. The SMILES string of the molecule is CC(NC(=O)c1ccccc1C(C)(C)C)c1ccccc1. The van der Waals surface area contributed by atoms with Crippen LogP contribution < -0.4 is 5.32 Å². The second-order valence-corrected chi connectivity index (χ2v) is 6.40. The molecular formula is C19H23NO. The van der Waals surface area contributed by atoms with E-state index in [9.17, 15) is 4.79 Å². The number of carbonyl (C=O) groups is 1. The summed E-state index contributed by atoms with van der Waals surface area (Å²) >= 11 is 0. The van der Waals surface area contributed by atoms with Crippen LogP contribution in [-0.2, 0) is 5.41 Å². The van der Waals surface area contributed by atoms with Crippen LogP contribution in [0, 0.1) is 0 Å². The monoisotopic (exact) mass is 281 g/mol. The van der Waals surface area contributed by atoms with Gasteiger partial charge >= 0.3 is 0 Å². The maximum Gasteiger partial charge on any atom is 0.252 e. The van der Waals surface area contributed by atoms with Crippen LogP contribution in [0.4, 0.5) is 0 Å². The summed E-state index contributed by atoms with van der Waals surface area (Å²) in [5.74, 6) is -0.0168. The lowest BCUT2D eigenvalue weighted by Gasteiger charge is -2.23. The van der Waals surface area contributed by atoms with Crippen LogP contribution in [0.1, 0.15) is 55.2 Å². The predicted octanol–water partition coefficient (Wildman–Crippen LogP) is 4.48. The van der Waals surface area contributed by atoms with Gasteiger partial charge in [-0.2, -0.15) is 0 Å². The Morgan fingerprint density at radius 3 is 2.14 bits per heavy atom. The van der Waals surface area contributed by atoms with Crippen LogP contribution in [0.2, 0.25) is 0 Å². The molecule has 2 aromatic rings. The van der Waals surface area contributed by atoms with Crippen LogP contribution in [0.25, 0.3) is 0 Å². The van der Waals surface area contributed by atoms with Crippen molar-refractivity contribution in [2.24, 2.45) is 0 Å². The topological polar surface area (TPSA) is 29.1 Å². The normalized spacial score (nSPS) is 12.8. The van der Waals surface area contributed by atoms with Gasteiger partial charge in [-0.15, -0.1) is 0 Å². The molecule has 1 unspecified atom stereocenters. The molecule has 0 aliphatic carbocycles. The van der Waals surface area contributed by atoms with E-state index in [1.54, 1.807) is 0 Å². The first-order valence-electron chi connectivity index (χ1n) is 7.35. The van der Waals surface area contributed by atoms with E-state index in [0.717, 1.165) is 16.7 Å². The Balaban J connectivity index is 2.22. The molecule has 1 amide bonds. The van der Waals surface area contributed by atoms with E-state index in [0.29, 0.717) is 0 Å². The lowest BCUT2D eigenvalue weighted by atomic mass is 9.83. The van der Waals surface area contributed by atoms with Crippen LogP contribution >= 0.6 is 0 Å². The summed E-state index contributed by atoms with van der Waals surface area (Å²) in [6.07, 6.45) is 0. The van der Waals surface area contributed by atoms with E-state index < -0.39 is 0 Å². The fraction of sp³-hybridized carbons (Fsp3) is 0.316. The molecule has 0 aromatic heterocycles. The van der Waals surface area contributed by atoms with Crippen LogP contribution in [-0.4, -0.2) is 5.91 Å². The molecule has 1 atom stereocenters. The first-order valence-corrected chi connectivity index (χ1v) is 7.35. The van der Waals surface area contributed by atoms with Gasteiger partial charge in [-0.1, -0.05) is 69.3 Å². The number of hydrogen-bond acceptors (Lipinski definition) is 1. The quantitative estimate of drug-likeness (QED) is 0.883. The molecule has 0 saturated carbocycles. The van der Waals surface area contributed by atoms with Crippen LogP contribution in [0.5, 0.6) is 0 Å². The van der Waals surface area contributed by atoms with Crippen molar-refractivity contribution in [3.63, 3.8) is 0 Å². The van der Waals surface area contributed by atoms with Gasteiger partial charge in [0, 0.05) is 5.56 Å². The Morgan fingerprint density at radius 1 is 0.952 bits per heavy atom. The van der Waals surface area contributed by atoms with E-state index >= 15 is 0 Å². The van der Waals surface area contributed by atoms with Crippen molar-refractivity contribution in [1.82, 2.24) is 5.32 Å². The van der Waals surface area contributed by atoms with Gasteiger partial charge < -0.3 is 5.32 Å². The molecule has 0 heterocycles. The Kier molecular flexibility index (Phi) is 4.46. The lowest BCUT2D eigenvalue weighted by molar-refractivity contribution is 0.0937. The summed E-state index contributed by atoms with van der Waals surface area (Å²) in [5, 5.41) is 3.09. The molecule has 2 heteroatoms. The summed E-state index contributed by atoms with van der Waals surface area (Å²) in [6.45, 7) is 8.38. The Labute approximate surface area is 127 Å². The molecule has 21 heavy (non-hydrogen) atoms. The minimum absolute atomic E-state index is 0.00766. The van der Waals surface area contributed by atoms with E-state index in [4.69, 9.17) is 0 Å². The maximum atomic E-state index is 12.6. The fourth-order valence-electron chi connectivity index (χ4n) is 2.43. The van der Waals surface area contributed by atoms with E-state index in [-0.39, 0.29) is 17.4 Å². The Morgan fingerprint density at radius 2 is 1.52 bits per heavy atom. The number of rotatable bonds is 3. The number of amides is 1. The standard InChI is InChI=1S/C19H23NO/c1-14(15-10-6-5-7-11-15)20-18(21)16-12-8-9-13-17(16)19(2,3)4/h5-14H,1-4H3,(H,20,21). The zero-order valence-electron chi connectivity index (χ0n) is 13.2. The Hall–Kier alpha value is -2.09. The predicted molar refractivity (Wildman–Crippen MR) is 87.5 cm³/mol. The molecule has 2 aromatic carbocycles. The van der Waals surface area contributed by atoms with Crippen molar-refractivity contribution < 1.29 is 4.79 Å². The third-order valence-corrected chi connectivity index (χ3v) is 3.63. The summed E-state index contributed by atoms with van der Waals surface area (Å²) in [6, 6.07) is 17.8. The third kappa shape index (κ3) is 3.72. The average molecular weight is 281 g/mol. The third-order valence-electron chi connectivity index (χ3n) is 3.63. The molecule has 2 rings (SSSR count). The van der Waals surface area contributed by atoms with Gasteiger partial charge in [-0.3, -0.25) is 4.79 Å². The van der Waals surface area contributed by atoms with E-state index in [2.05, 4.69) is 26.1 Å². The zero-order chi connectivity index (χ0) is 15.5. The number of nitrogens with one attached hydrogen (secondary N) is 1. The molecule has 0 spiro atoms. The highest BCUT2D eigenvalue weighted by molar-refractivity contribution is 5.96. The van der Waals surface area contributed by atoms with Gasteiger partial charge in [0.2, 0.25) is 0 Å². The molecule has 0 aliphatic rings. The van der Waals surface area contributed by atoms with Gasteiger partial charge in [0.1, 0.15) is 0 Å². The van der Waals surface area contributed by atoms with E-state index in [1.807, 2.05) is 61.5 Å². The highest BCUT2D eigenvalue weighted by Gasteiger charge is 2.22. The smallest absolute Gasteiger partial charge is 0.252 e. The van der Waals surface area contributed by atoms with Gasteiger partial charge in [-0.25, -0.2) is 0 Å². The summed E-state index contributed by atoms with van der Waals surface area (Å²) in [7, 11) is 0. The second-order valence-electron chi connectivity index (χ2n) is 6.40. The minimum atomic E-state index is -0.0517. The van der Waals surface area contributed by atoms with Gasteiger partial charge in [0.25, 0.3) is 5.91 Å². The summed E-state index contributed by atoms with van der Waals surface area (Å²) < 4.78 is 0. The molecule has 0 radical (unpaired) electrons. The van der Waals surface area contributed by atoms with Crippen LogP contribution in [0.15, 0.2) is 54.6 Å². The highest BCUT2D eigenvalue weighted by atomic mass is 16.1. The zero-order valence-corrected chi connectivity index (χ0v) is 13.2. The average Bonchev–Trinajstić information content (AvgIpc) is 2.47. The largest absolute Gasteiger partial charge is 0.346 e. The first-order chi connectivity index (χ1) is 9.89. The molecule has 1 N–H and O–H groups in total. The summed E-state index contributed by atoms with van der Waals surface area (Å²) in [4.78, 5) is 12.6. The fourth-order valence-corrected chi connectivity index (χ4v) is 2.43. The number of benzene rings is 2. The van der Waals surface area contributed by atoms with Crippen molar-refractivity contribution >= 4 is 5.91 Å². The van der Waals surface area contributed by atoms with E-state index in [1.165, 1.54) is 0 Å². The Bertz CT molecular complexity index is 611. The molecule has 0 bridgehead atoms. The van der Waals surface area contributed by atoms with Crippen molar-refractivity contribution in [1.29, 1.82) is 0 Å². The van der Waals surface area contributed by atoms with Gasteiger partial charge in [-0.05, 0) is 29.5 Å². The second kappa shape index (κ2) is 6.13. The van der Waals surface area contributed by atoms with Gasteiger partial charge in [0.15, 0.2) is 0 Å². The molecule has 0 saturated heterocycles. The summed E-state index contributed by atoms with van der Waals surface area (Å²) in [5.41, 5.74) is 2.89.